The van der Waals surface area contributed by atoms with Crippen LogP contribution in [0.15, 0.2) is 42.5 Å². The van der Waals surface area contributed by atoms with Gasteiger partial charge in [-0.15, -0.1) is 0 Å². The number of hydrogen-bond donors (Lipinski definition) is 4. The van der Waals surface area contributed by atoms with Gasteiger partial charge in [-0.3, -0.25) is 0 Å². The van der Waals surface area contributed by atoms with Crippen molar-refractivity contribution < 1.29 is 33.6 Å². The molecule has 0 radical (unpaired) electrons. The molecule has 4 N–H and O–H groups in total. The maximum absolute atomic E-state index is 13.2. The first-order valence-electron chi connectivity index (χ1n) is 7.87. The standard InChI is InChI=1S/C18H19F2NO5/c19-13-8-12(9-15(23)16(13)20)17(24)14(22)6-7-21-18(25)26-10-11-4-2-1-3-5-11/h1-5,8-9,14,17,22-24H,6-7,10H2,(H,21,25). The van der Waals surface area contributed by atoms with E-state index < -0.39 is 35.7 Å². The predicted octanol–water partition coefficient (Wildman–Crippen LogP) is 2.38. The summed E-state index contributed by atoms with van der Waals surface area (Å²) in [5, 5.41) is 31.5. The molecule has 1 amide bonds. The first-order chi connectivity index (χ1) is 12.4. The van der Waals surface area contributed by atoms with E-state index in [4.69, 9.17) is 4.74 Å². The van der Waals surface area contributed by atoms with Gasteiger partial charge in [0.25, 0.3) is 0 Å². The first kappa shape index (κ1) is 19.6. The molecule has 0 spiro atoms. The fraction of sp³-hybridized carbons (Fsp3) is 0.278. The summed E-state index contributed by atoms with van der Waals surface area (Å²) in [4.78, 5) is 11.6. The van der Waals surface area contributed by atoms with Gasteiger partial charge in [-0.25, -0.2) is 9.18 Å². The summed E-state index contributed by atoms with van der Waals surface area (Å²) in [6, 6.07) is 10.6. The molecule has 0 aliphatic heterocycles. The van der Waals surface area contributed by atoms with Crippen molar-refractivity contribution >= 4 is 6.09 Å². The van der Waals surface area contributed by atoms with Gasteiger partial charge in [0, 0.05) is 6.54 Å². The molecule has 2 aromatic carbocycles. The van der Waals surface area contributed by atoms with E-state index in [0.29, 0.717) is 6.07 Å². The molecule has 0 saturated heterocycles. The molecule has 8 heteroatoms. The molecule has 26 heavy (non-hydrogen) atoms. The molecular weight excluding hydrogens is 348 g/mol. The maximum atomic E-state index is 13.2. The Balaban J connectivity index is 1.77. The maximum Gasteiger partial charge on any atom is 0.407 e. The molecular formula is C18H19F2NO5. The summed E-state index contributed by atoms with van der Waals surface area (Å²) in [5.41, 5.74) is 0.636. The monoisotopic (exact) mass is 367 g/mol. The number of ether oxygens (including phenoxy) is 1. The van der Waals surface area contributed by atoms with Gasteiger partial charge in [0.15, 0.2) is 17.4 Å². The average molecular weight is 367 g/mol. The van der Waals surface area contributed by atoms with Crippen LogP contribution < -0.4 is 5.32 Å². The average Bonchev–Trinajstić information content (AvgIpc) is 2.64. The van der Waals surface area contributed by atoms with Crippen molar-refractivity contribution in [2.75, 3.05) is 6.54 Å². The number of phenols is 1. The van der Waals surface area contributed by atoms with E-state index in [-0.39, 0.29) is 25.1 Å². The molecule has 2 aromatic rings. The highest BCUT2D eigenvalue weighted by molar-refractivity contribution is 5.67. The van der Waals surface area contributed by atoms with Crippen molar-refractivity contribution in [1.29, 1.82) is 0 Å². The van der Waals surface area contributed by atoms with Crippen molar-refractivity contribution in [2.24, 2.45) is 0 Å². The molecule has 140 valence electrons. The molecule has 2 rings (SSSR count). The van der Waals surface area contributed by atoms with Gasteiger partial charge in [0.1, 0.15) is 12.7 Å². The number of amides is 1. The lowest BCUT2D eigenvalue weighted by molar-refractivity contribution is 0.0133. The van der Waals surface area contributed by atoms with Gasteiger partial charge < -0.3 is 25.4 Å². The molecule has 0 aromatic heterocycles. The van der Waals surface area contributed by atoms with Crippen molar-refractivity contribution in [3.8, 4) is 5.75 Å². The smallest absolute Gasteiger partial charge is 0.407 e. The second kappa shape index (κ2) is 9.12. The van der Waals surface area contributed by atoms with Gasteiger partial charge in [0.05, 0.1) is 6.10 Å². The lowest BCUT2D eigenvalue weighted by Crippen LogP contribution is -2.29. The molecule has 0 saturated carbocycles. The van der Waals surface area contributed by atoms with E-state index in [9.17, 15) is 28.9 Å². The second-order valence-electron chi connectivity index (χ2n) is 5.63. The molecule has 0 bridgehead atoms. The van der Waals surface area contributed by atoms with E-state index in [2.05, 4.69) is 5.32 Å². The number of rotatable bonds is 7. The molecule has 0 aliphatic rings. The summed E-state index contributed by atoms with van der Waals surface area (Å²) in [5.74, 6) is -3.74. The van der Waals surface area contributed by atoms with Crippen LogP contribution in [0.4, 0.5) is 13.6 Å². The number of aromatic hydroxyl groups is 1. The molecule has 6 nitrogen and oxygen atoms in total. The zero-order chi connectivity index (χ0) is 19.1. The van der Waals surface area contributed by atoms with Gasteiger partial charge in [-0.1, -0.05) is 30.3 Å². The van der Waals surface area contributed by atoms with Crippen LogP contribution in [0.1, 0.15) is 23.7 Å². The number of aliphatic hydroxyl groups is 2. The summed E-state index contributed by atoms with van der Waals surface area (Å²) in [6.07, 6.45) is -3.69. The van der Waals surface area contributed by atoms with Crippen LogP contribution in [-0.4, -0.2) is 34.1 Å². The van der Waals surface area contributed by atoms with Crippen LogP contribution in [-0.2, 0) is 11.3 Å². The van der Waals surface area contributed by atoms with E-state index >= 15 is 0 Å². The number of carbonyl (C=O) groups is 1. The van der Waals surface area contributed by atoms with Crippen LogP contribution in [0.2, 0.25) is 0 Å². The van der Waals surface area contributed by atoms with E-state index in [0.717, 1.165) is 11.6 Å². The van der Waals surface area contributed by atoms with Crippen molar-refractivity contribution in [3.63, 3.8) is 0 Å². The minimum Gasteiger partial charge on any atom is -0.505 e. The van der Waals surface area contributed by atoms with Gasteiger partial charge in [-0.2, -0.15) is 4.39 Å². The SMILES string of the molecule is O=C(NCCC(O)C(O)c1cc(O)c(F)c(F)c1)OCc1ccccc1. The van der Waals surface area contributed by atoms with Crippen LogP contribution in [0.3, 0.4) is 0 Å². The minimum atomic E-state index is -1.56. The van der Waals surface area contributed by atoms with Crippen LogP contribution in [0.5, 0.6) is 5.75 Å². The summed E-state index contributed by atoms with van der Waals surface area (Å²) >= 11 is 0. The highest BCUT2D eigenvalue weighted by Gasteiger charge is 2.21. The number of nitrogens with one attached hydrogen (secondary N) is 1. The zero-order valence-electron chi connectivity index (χ0n) is 13.7. The molecule has 0 heterocycles. The van der Waals surface area contributed by atoms with E-state index in [1.165, 1.54) is 0 Å². The number of hydrogen-bond acceptors (Lipinski definition) is 5. The van der Waals surface area contributed by atoms with Crippen LogP contribution >= 0.6 is 0 Å². The Morgan fingerprint density at radius 3 is 2.50 bits per heavy atom. The highest BCUT2D eigenvalue weighted by Crippen LogP contribution is 2.26. The lowest BCUT2D eigenvalue weighted by atomic mass is 10.0. The number of phenolic OH excluding ortho intramolecular Hbond substituents is 1. The Labute approximate surface area is 148 Å². The Morgan fingerprint density at radius 1 is 1.15 bits per heavy atom. The fourth-order valence-electron chi connectivity index (χ4n) is 2.24. The third-order valence-electron chi connectivity index (χ3n) is 3.66. The third kappa shape index (κ3) is 5.40. The van der Waals surface area contributed by atoms with Gasteiger partial charge >= 0.3 is 6.09 Å². The Kier molecular flexibility index (Phi) is 6.88. The third-order valence-corrected chi connectivity index (χ3v) is 3.66. The summed E-state index contributed by atoms with van der Waals surface area (Å²) in [6.45, 7) is 0.0769. The number of halogens is 2. The minimum absolute atomic E-state index is 0.0124. The second-order valence-corrected chi connectivity index (χ2v) is 5.63. The number of carbonyl (C=O) groups excluding carboxylic acids is 1. The van der Waals surface area contributed by atoms with Gasteiger partial charge in [-0.05, 0) is 29.7 Å². The number of alkyl carbamates (subject to hydrolysis) is 1. The molecule has 2 unspecified atom stereocenters. The summed E-state index contributed by atoms with van der Waals surface area (Å²) in [7, 11) is 0. The van der Waals surface area contributed by atoms with E-state index in [1.807, 2.05) is 18.2 Å². The highest BCUT2D eigenvalue weighted by atomic mass is 19.2. The van der Waals surface area contributed by atoms with E-state index in [1.54, 1.807) is 12.1 Å². The molecule has 2 atom stereocenters. The van der Waals surface area contributed by atoms with Crippen LogP contribution in [0.25, 0.3) is 0 Å². The number of benzene rings is 2. The number of aliphatic hydroxyl groups excluding tert-OH is 2. The summed E-state index contributed by atoms with van der Waals surface area (Å²) < 4.78 is 31.3. The predicted molar refractivity (Wildman–Crippen MR) is 88.2 cm³/mol. The van der Waals surface area contributed by atoms with Gasteiger partial charge in [0.2, 0.25) is 0 Å². The Bertz CT molecular complexity index is 719. The first-order valence-corrected chi connectivity index (χ1v) is 7.87. The Morgan fingerprint density at radius 2 is 1.85 bits per heavy atom. The quantitative estimate of drug-likeness (QED) is 0.602. The zero-order valence-corrected chi connectivity index (χ0v) is 13.7. The fourth-order valence-corrected chi connectivity index (χ4v) is 2.24. The van der Waals surface area contributed by atoms with Crippen LogP contribution in [0, 0.1) is 11.6 Å². The Hall–Kier alpha value is -2.71. The van der Waals surface area contributed by atoms with Crippen molar-refractivity contribution in [1.82, 2.24) is 5.32 Å². The normalized spacial score (nSPS) is 13.1. The van der Waals surface area contributed by atoms with Crippen molar-refractivity contribution in [3.05, 3.63) is 65.2 Å². The lowest BCUT2D eigenvalue weighted by Gasteiger charge is -2.19. The molecule has 0 fully saturated rings. The van der Waals surface area contributed by atoms with Crippen molar-refractivity contribution in [2.45, 2.75) is 25.2 Å². The largest absolute Gasteiger partial charge is 0.505 e. The molecule has 0 aliphatic carbocycles. The topological polar surface area (TPSA) is 99.0 Å².